The highest BCUT2D eigenvalue weighted by Crippen LogP contribution is 2.55. The van der Waals surface area contributed by atoms with Crippen molar-refractivity contribution in [3.05, 3.63) is 47.3 Å². The maximum atomic E-state index is 11.1. The van der Waals surface area contributed by atoms with E-state index in [0.29, 0.717) is 0 Å². The number of hydrogen-bond donors (Lipinski definition) is 2. The predicted molar refractivity (Wildman–Crippen MR) is 104 cm³/mol. The molecule has 0 spiro atoms. The Labute approximate surface area is 154 Å². The van der Waals surface area contributed by atoms with Crippen LogP contribution in [0.3, 0.4) is 0 Å². The van der Waals surface area contributed by atoms with Gasteiger partial charge in [0.25, 0.3) is 0 Å². The van der Waals surface area contributed by atoms with Crippen LogP contribution in [-0.2, 0) is 6.54 Å². The number of benzene rings is 1. The molecular formula is C22H27NOS. The van der Waals surface area contributed by atoms with Gasteiger partial charge in [-0.15, -0.1) is 11.3 Å². The lowest BCUT2D eigenvalue weighted by Gasteiger charge is -2.51. The number of rotatable bonds is 4. The molecule has 2 aromatic rings. The van der Waals surface area contributed by atoms with Gasteiger partial charge in [-0.3, -0.25) is 0 Å². The number of aliphatic hydroxyl groups is 1. The van der Waals surface area contributed by atoms with Crippen LogP contribution in [0.1, 0.15) is 49.8 Å². The van der Waals surface area contributed by atoms with Gasteiger partial charge < -0.3 is 10.4 Å². The predicted octanol–water partition coefficient (Wildman–Crippen LogP) is 4.98. The van der Waals surface area contributed by atoms with Gasteiger partial charge >= 0.3 is 0 Å². The van der Waals surface area contributed by atoms with Crippen molar-refractivity contribution >= 4 is 11.3 Å². The SMILES string of the molecule is OC12CCC3CC(C1)CC(NCc1ccc(-c4ccccc4)s1)(C3)C2. The number of nitrogens with one attached hydrogen (secondary N) is 1. The van der Waals surface area contributed by atoms with Gasteiger partial charge in [-0.1, -0.05) is 30.3 Å². The molecule has 1 heterocycles. The van der Waals surface area contributed by atoms with E-state index in [2.05, 4.69) is 47.8 Å². The third-order valence-electron chi connectivity index (χ3n) is 6.74. The third kappa shape index (κ3) is 3.07. The first kappa shape index (κ1) is 16.0. The van der Waals surface area contributed by atoms with Crippen molar-refractivity contribution < 1.29 is 5.11 Å². The zero-order valence-electron chi connectivity index (χ0n) is 14.7. The zero-order chi connectivity index (χ0) is 16.9. The van der Waals surface area contributed by atoms with E-state index in [4.69, 9.17) is 0 Å². The van der Waals surface area contributed by atoms with Gasteiger partial charge in [-0.2, -0.15) is 0 Å². The van der Waals surface area contributed by atoms with Crippen LogP contribution in [0.2, 0.25) is 0 Å². The molecule has 6 rings (SSSR count). The zero-order valence-corrected chi connectivity index (χ0v) is 15.5. The Hall–Kier alpha value is -1.16. The minimum absolute atomic E-state index is 0.175. The van der Waals surface area contributed by atoms with Gasteiger partial charge in [0.2, 0.25) is 0 Å². The molecule has 4 aliphatic carbocycles. The molecule has 4 fully saturated rings. The summed E-state index contributed by atoms with van der Waals surface area (Å²) in [4.78, 5) is 2.75. The molecule has 132 valence electrons. The van der Waals surface area contributed by atoms with Crippen LogP contribution in [0.15, 0.2) is 42.5 Å². The Morgan fingerprint density at radius 3 is 2.76 bits per heavy atom. The number of fused-ring (bicyclic) bond motifs is 1. The van der Waals surface area contributed by atoms with Crippen LogP contribution in [0, 0.1) is 11.8 Å². The van der Waals surface area contributed by atoms with E-state index >= 15 is 0 Å². The lowest BCUT2D eigenvalue weighted by molar-refractivity contribution is -0.0614. The molecule has 2 nitrogen and oxygen atoms in total. The van der Waals surface area contributed by atoms with Crippen molar-refractivity contribution in [2.45, 2.75) is 62.6 Å². The summed E-state index contributed by atoms with van der Waals surface area (Å²) < 4.78 is 0. The molecule has 4 bridgehead atoms. The molecule has 0 radical (unpaired) electrons. The van der Waals surface area contributed by atoms with Crippen LogP contribution in [0.5, 0.6) is 0 Å². The molecule has 0 aliphatic heterocycles. The summed E-state index contributed by atoms with van der Waals surface area (Å²) in [6, 6.07) is 15.2. The molecule has 4 aliphatic rings. The summed E-state index contributed by atoms with van der Waals surface area (Å²) in [6.45, 7) is 0.938. The molecule has 1 aromatic heterocycles. The Morgan fingerprint density at radius 1 is 1.04 bits per heavy atom. The van der Waals surface area contributed by atoms with Crippen molar-refractivity contribution in [1.82, 2.24) is 5.32 Å². The summed E-state index contributed by atoms with van der Waals surface area (Å²) in [6.07, 6.45) is 8.14. The molecule has 4 atom stereocenters. The molecule has 2 N–H and O–H groups in total. The fourth-order valence-electron chi connectivity index (χ4n) is 5.96. The fourth-order valence-corrected chi connectivity index (χ4v) is 6.91. The Kier molecular flexibility index (Phi) is 3.81. The molecule has 3 heteroatoms. The van der Waals surface area contributed by atoms with E-state index < -0.39 is 5.60 Å². The monoisotopic (exact) mass is 353 g/mol. The highest BCUT2D eigenvalue weighted by Gasteiger charge is 2.53. The maximum absolute atomic E-state index is 11.1. The van der Waals surface area contributed by atoms with Crippen LogP contribution in [0.4, 0.5) is 0 Å². The van der Waals surface area contributed by atoms with Crippen molar-refractivity contribution in [2.24, 2.45) is 11.8 Å². The van der Waals surface area contributed by atoms with E-state index in [9.17, 15) is 5.11 Å². The highest BCUT2D eigenvalue weighted by molar-refractivity contribution is 7.15. The highest BCUT2D eigenvalue weighted by atomic mass is 32.1. The lowest BCUT2D eigenvalue weighted by Crippen LogP contribution is -2.57. The van der Waals surface area contributed by atoms with Gasteiger partial charge in [0.05, 0.1) is 5.60 Å². The topological polar surface area (TPSA) is 32.3 Å². The molecule has 0 saturated heterocycles. The molecule has 4 unspecified atom stereocenters. The second kappa shape index (κ2) is 5.94. The molecule has 0 amide bonds. The summed E-state index contributed by atoms with van der Waals surface area (Å²) in [5.74, 6) is 1.56. The maximum Gasteiger partial charge on any atom is 0.0668 e. The van der Waals surface area contributed by atoms with E-state index in [-0.39, 0.29) is 5.54 Å². The molecular weight excluding hydrogens is 326 g/mol. The standard InChI is InChI=1S/C22H27NOS/c24-22-9-8-16-10-17(13-22)12-21(11-16,15-22)23-14-19-6-7-20(25-19)18-4-2-1-3-5-18/h1-7,16-17,23-24H,8-15H2. The Bertz CT molecular complexity index is 756. The van der Waals surface area contributed by atoms with Crippen molar-refractivity contribution in [3.63, 3.8) is 0 Å². The quantitative estimate of drug-likeness (QED) is 0.812. The van der Waals surface area contributed by atoms with Gasteiger partial charge in [-0.25, -0.2) is 0 Å². The van der Waals surface area contributed by atoms with Crippen LogP contribution in [-0.4, -0.2) is 16.2 Å². The molecule has 1 aromatic carbocycles. The first-order chi connectivity index (χ1) is 12.1. The van der Waals surface area contributed by atoms with E-state index in [1.165, 1.54) is 41.0 Å². The molecule has 25 heavy (non-hydrogen) atoms. The van der Waals surface area contributed by atoms with E-state index in [1.54, 1.807) is 0 Å². The average Bonchev–Trinajstić information content (AvgIpc) is 3.00. The number of thiophene rings is 1. The third-order valence-corrected chi connectivity index (χ3v) is 7.87. The van der Waals surface area contributed by atoms with Gasteiger partial charge in [0.15, 0.2) is 0 Å². The van der Waals surface area contributed by atoms with Crippen LogP contribution in [0.25, 0.3) is 10.4 Å². The summed E-state index contributed by atoms with van der Waals surface area (Å²) >= 11 is 1.89. The summed E-state index contributed by atoms with van der Waals surface area (Å²) in [5, 5.41) is 15.0. The average molecular weight is 354 g/mol. The van der Waals surface area contributed by atoms with Gasteiger partial charge in [-0.05, 0) is 74.5 Å². The van der Waals surface area contributed by atoms with E-state index in [1.807, 2.05) is 11.3 Å². The Balaban J connectivity index is 1.32. The number of hydrogen-bond acceptors (Lipinski definition) is 3. The Morgan fingerprint density at radius 2 is 1.88 bits per heavy atom. The first-order valence-electron chi connectivity index (χ1n) is 9.73. The normalized spacial score (nSPS) is 36.5. The van der Waals surface area contributed by atoms with E-state index in [0.717, 1.165) is 37.6 Å². The van der Waals surface area contributed by atoms with Crippen LogP contribution >= 0.6 is 11.3 Å². The largest absolute Gasteiger partial charge is 0.390 e. The van der Waals surface area contributed by atoms with Crippen molar-refractivity contribution in [1.29, 1.82) is 0 Å². The summed E-state index contributed by atoms with van der Waals surface area (Å²) in [7, 11) is 0. The lowest BCUT2D eigenvalue weighted by atomic mass is 9.62. The smallest absolute Gasteiger partial charge is 0.0668 e. The van der Waals surface area contributed by atoms with Crippen molar-refractivity contribution in [2.75, 3.05) is 0 Å². The second-order valence-electron chi connectivity index (χ2n) is 8.79. The summed E-state index contributed by atoms with van der Waals surface area (Å²) in [5.41, 5.74) is 1.08. The minimum Gasteiger partial charge on any atom is -0.390 e. The fraction of sp³-hybridized carbons (Fsp3) is 0.545. The van der Waals surface area contributed by atoms with Gasteiger partial charge in [0.1, 0.15) is 0 Å². The minimum atomic E-state index is -0.397. The second-order valence-corrected chi connectivity index (χ2v) is 9.95. The first-order valence-corrected chi connectivity index (χ1v) is 10.5. The van der Waals surface area contributed by atoms with Gasteiger partial charge in [0, 0.05) is 21.8 Å². The van der Waals surface area contributed by atoms with Crippen molar-refractivity contribution in [3.8, 4) is 10.4 Å². The molecule has 4 saturated carbocycles. The van der Waals surface area contributed by atoms with Crippen LogP contribution < -0.4 is 5.32 Å².